The topological polar surface area (TPSA) is 54.5 Å². The number of esters is 1. The molecular formula is C19H15ClF6N2O2. The Balaban J connectivity index is 2.49. The third kappa shape index (κ3) is 3.11. The Labute approximate surface area is 172 Å². The number of hydrogen-bond acceptors (Lipinski definition) is 3. The molecule has 2 aromatic rings. The Hall–Kier alpha value is -2.41. The highest BCUT2D eigenvalue weighted by atomic mass is 35.5. The first-order valence-corrected chi connectivity index (χ1v) is 9.36. The molecule has 0 amide bonds. The molecular weight excluding hydrogens is 438 g/mol. The molecule has 3 rings (SSSR count). The summed E-state index contributed by atoms with van der Waals surface area (Å²) in [5.74, 6) is -13.2. The Morgan fingerprint density at radius 3 is 2.43 bits per heavy atom. The highest BCUT2D eigenvalue weighted by Crippen LogP contribution is 2.55. The number of aromatic nitrogens is 1. The van der Waals surface area contributed by atoms with Gasteiger partial charge in [0, 0.05) is 6.20 Å². The van der Waals surface area contributed by atoms with Gasteiger partial charge in [-0.2, -0.15) is 31.6 Å². The quantitative estimate of drug-likeness (QED) is 0.345. The van der Waals surface area contributed by atoms with Crippen LogP contribution in [0.2, 0.25) is 0 Å². The maximum atomic E-state index is 14.9. The Kier molecular flexibility index (Phi) is 5.48. The summed E-state index contributed by atoms with van der Waals surface area (Å²) in [7, 11) is 0. The van der Waals surface area contributed by atoms with Crippen LogP contribution < -0.4 is 0 Å². The molecule has 0 unspecified atom stereocenters. The van der Waals surface area contributed by atoms with E-state index in [9.17, 15) is 36.4 Å². The summed E-state index contributed by atoms with van der Waals surface area (Å²) in [6, 6.07) is 2.87. The van der Waals surface area contributed by atoms with Gasteiger partial charge in [0.1, 0.15) is 11.8 Å². The zero-order chi connectivity index (χ0) is 22.5. The van der Waals surface area contributed by atoms with Crippen molar-refractivity contribution < 1.29 is 35.9 Å². The van der Waals surface area contributed by atoms with E-state index in [4.69, 9.17) is 4.74 Å². The van der Waals surface area contributed by atoms with Crippen LogP contribution in [0.15, 0.2) is 12.3 Å². The largest absolute Gasteiger partial charge is 0.462 e. The van der Waals surface area contributed by atoms with Crippen LogP contribution in [0.3, 0.4) is 0 Å². The van der Waals surface area contributed by atoms with Crippen LogP contribution in [0, 0.1) is 11.3 Å². The van der Waals surface area contributed by atoms with Gasteiger partial charge >= 0.3 is 23.2 Å². The van der Waals surface area contributed by atoms with Crippen molar-refractivity contribution in [2.45, 2.75) is 49.8 Å². The van der Waals surface area contributed by atoms with Crippen molar-refractivity contribution in [3.8, 4) is 6.07 Å². The number of fused-ring (bicyclic) bond motifs is 3. The van der Waals surface area contributed by atoms with Crippen LogP contribution in [0.5, 0.6) is 0 Å². The molecule has 0 N–H and O–H groups in total. The van der Waals surface area contributed by atoms with Crippen LogP contribution in [0.25, 0.3) is 5.52 Å². The van der Waals surface area contributed by atoms with E-state index < -0.39 is 40.0 Å². The van der Waals surface area contributed by atoms with Gasteiger partial charge < -0.3 is 9.14 Å². The van der Waals surface area contributed by atoms with E-state index in [0.29, 0.717) is 30.4 Å². The first-order valence-electron chi connectivity index (χ1n) is 8.99. The van der Waals surface area contributed by atoms with Crippen LogP contribution in [-0.2, 0) is 23.5 Å². The summed E-state index contributed by atoms with van der Waals surface area (Å²) in [6.45, 7) is 1.07. The van der Waals surface area contributed by atoms with Gasteiger partial charge in [-0.25, -0.2) is 4.79 Å². The number of alkyl halides is 7. The van der Waals surface area contributed by atoms with Gasteiger partial charge in [0.25, 0.3) is 0 Å². The van der Waals surface area contributed by atoms with Gasteiger partial charge in [-0.15, -0.1) is 0 Å². The van der Waals surface area contributed by atoms with E-state index in [1.807, 2.05) is 0 Å². The highest BCUT2D eigenvalue weighted by molar-refractivity contribution is 6.22. The maximum absolute atomic E-state index is 14.9. The lowest BCUT2D eigenvalue weighted by Gasteiger charge is -2.29. The molecule has 11 heteroatoms. The molecule has 0 aliphatic heterocycles. The van der Waals surface area contributed by atoms with Gasteiger partial charge in [0.05, 0.1) is 23.3 Å². The molecule has 0 bridgehead atoms. The lowest BCUT2D eigenvalue weighted by atomic mass is 9.90. The van der Waals surface area contributed by atoms with Crippen LogP contribution in [0.4, 0.5) is 26.3 Å². The van der Waals surface area contributed by atoms with Crippen LogP contribution in [-0.4, -0.2) is 28.3 Å². The average Bonchev–Trinajstić information content (AvgIpc) is 3.02. The summed E-state index contributed by atoms with van der Waals surface area (Å²) in [6.07, 6.45) is 3.46. The summed E-state index contributed by atoms with van der Waals surface area (Å²) >= 11 is 4.29. The molecule has 2 aromatic heterocycles. The summed E-state index contributed by atoms with van der Waals surface area (Å²) in [5, 5.41) is 3.81. The fourth-order valence-corrected chi connectivity index (χ4v) is 3.85. The van der Waals surface area contributed by atoms with Crippen LogP contribution >= 0.6 is 11.6 Å². The van der Waals surface area contributed by atoms with E-state index in [2.05, 4.69) is 11.6 Å². The second-order valence-electron chi connectivity index (χ2n) is 6.82. The molecule has 0 atom stereocenters. The summed E-state index contributed by atoms with van der Waals surface area (Å²) in [5.41, 5.74) is -3.04. The second-order valence-corrected chi connectivity index (χ2v) is 7.30. The lowest BCUT2D eigenvalue weighted by molar-refractivity contribution is -0.286. The molecule has 0 fully saturated rings. The van der Waals surface area contributed by atoms with Gasteiger partial charge in [-0.05, 0) is 61.4 Å². The van der Waals surface area contributed by atoms with Gasteiger partial charge in [-0.3, -0.25) is 0 Å². The van der Waals surface area contributed by atoms with Gasteiger partial charge in [0.2, 0.25) is 0 Å². The molecule has 0 aromatic carbocycles. The summed E-state index contributed by atoms with van der Waals surface area (Å²) in [4.78, 5) is 12.6. The Morgan fingerprint density at radius 2 is 1.87 bits per heavy atom. The van der Waals surface area contributed by atoms with E-state index >= 15 is 0 Å². The zero-order valence-corrected chi connectivity index (χ0v) is 16.3. The van der Waals surface area contributed by atoms with Crippen molar-refractivity contribution in [1.82, 2.24) is 4.40 Å². The molecule has 0 radical (unpaired) electrons. The minimum atomic E-state index is -6.10. The molecule has 0 saturated heterocycles. The molecule has 4 nitrogen and oxygen atoms in total. The molecule has 1 aliphatic rings. The van der Waals surface area contributed by atoms with Crippen molar-refractivity contribution >= 4 is 23.1 Å². The zero-order valence-electron chi connectivity index (χ0n) is 15.5. The monoisotopic (exact) mass is 452 g/mol. The predicted octanol–water partition coefficient (Wildman–Crippen LogP) is 5.43. The van der Waals surface area contributed by atoms with Crippen LogP contribution in [0.1, 0.15) is 52.5 Å². The lowest BCUT2D eigenvalue weighted by Crippen LogP contribution is -2.50. The normalized spacial score (nSPS) is 15.0. The molecule has 0 spiro atoms. The standard InChI is InChI=1S/C19H15ClF6N2O2/c1-2-30-16(29)13-14(17(21,22)18(23,24)19(20,25)26)12(9-27)28-8-7-10-5-3-4-6-11(10)15(13)28/h7-8H,2-6H2,1H3. The number of hydrogen-bond donors (Lipinski definition) is 0. The van der Waals surface area contributed by atoms with Crippen molar-refractivity contribution in [3.05, 3.63) is 40.2 Å². The highest BCUT2D eigenvalue weighted by Gasteiger charge is 2.73. The summed E-state index contributed by atoms with van der Waals surface area (Å²) < 4.78 is 90.2. The molecule has 30 heavy (non-hydrogen) atoms. The number of pyridine rings is 1. The first kappa shape index (κ1) is 22.3. The third-order valence-corrected chi connectivity index (χ3v) is 5.31. The fraction of sp³-hybridized carbons (Fsp3) is 0.474. The smallest absolute Gasteiger partial charge is 0.390 e. The van der Waals surface area contributed by atoms with E-state index in [1.165, 1.54) is 25.3 Å². The van der Waals surface area contributed by atoms with Crippen molar-refractivity contribution in [2.24, 2.45) is 0 Å². The second kappa shape index (κ2) is 7.38. The average molecular weight is 453 g/mol. The van der Waals surface area contributed by atoms with E-state index in [1.54, 1.807) is 0 Å². The SMILES string of the molecule is CCOC(=O)c1c(C(F)(F)C(F)(F)C(F)(F)Cl)c(C#N)n2ccc3c(c12)CCCC3. The first-order chi connectivity index (χ1) is 13.9. The van der Waals surface area contributed by atoms with Crippen molar-refractivity contribution in [2.75, 3.05) is 6.61 Å². The number of ether oxygens (including phenoxy) is 1. The van der Waals surface area contributed by atoms with Gasteiger partial charge in [0.15, 0.2) is 0 Å². The number of rotatable bonds is 5. The number of carbonyl (C=O) groups excluding carboxylic acids is 1. The third-order valence-electron chi connectivity index (χ3n) is 5.08. The maximum Gasteiger partial charge on any atom is 0.390 e. The molecule has 2 heterocycles. The molecule has 162 valence electrons. The van der Waals surface area contributed by atoms with Crippen molar-refractivity contribution in [3.63, 3.8) is 0 Å². The minimum absolute atomic E-state index is 0.217. The molecule has 1 aliphatic carbocycles. The number of halogens is 7. The van der Waals surface area contributed by atoms with Gasteiger partial charge in [-0.1, -0.05) is 0 Å². The number of nitrogens with zero attached hydrogens (tertiary/aromatic N) is 2. The number of nitriles is 1. The number of aryl methyl sites for hydroxylation is 2. The Bertz CT molecular complexity index is 1050. The number of carbonyl (C=O) groups is 1. The Morgan fingerprint density at radius 1 is 1.23 bits per heavy atom. The van der Waals surface area contributed by atoms with E-state index in [-0.39, 0.29) is 12.1 Å². The fourth-order valence-electron chi connectivity index (χ4n) is 3.73. The van der Waals surface area contributed by atoms with Crippen molar-refractivity contribution in [1.29, 1.82) is 5.26 Å². The molecule has 0 saturated carbocycles. The minimum Gasteiger partial charge on any atom is -0.462 e. The van der Waals surface area contributed by atoms with E-state index in [0.717, 1.165) is 10.8 Å². The predicted molar refractivity (Wildman–Crippen MR) is 94.4 cm³/mol.